The highest BCUT2D eigenvalue weighted by molar-refractivity contribution is 5.94. The van der Waals surface area contributed by atoms with Crippen LogP contribution >= 0.6 is 0 Å². The Hall–Kier alpha value is -1.89. The van der Waals surface area contributed by atoms with Crippen molar-refractivity contribution >= 4 is 5.91 Å². The van der Waals surface area contributed by atoms with Gasteiger partial charge in [-0.3, -0.25) is 9.69 Å². The number of amides is 1. The van der Waals surface area contributed by atoms with E-state index in [1.165, 1.54) is 18.4 Å². The zero-order valence-corrected chi connectivity index (χ0v) is 18.2. The van der Waals surface area contributed by atoms with Gasteiger partial charge in [0.05, 0.1) is 18.8 Å². The normalized spacial score (nSPS) is 29.5. The Morgan fingerprint density at radius 3 is 2.45 bits per heavy atom. The van der Waals surface area contributed by atoms with Crippen molar-refractivity contribution in [3.63, 3.8) is 0 Å². The van der Waals surface area contributed by atoms with Crippen molar-refractivity contribution in [1.29, 1.82) is 0 Å². The molecule has 0 radical (unpaired) electrons. The van der Waals surface area contributed by atoms with Crippen LogP contribution in [0.1, 0.15) is 56.4 Å². The second kappa shape index (κ2) is 9.31. The molecule has 0 unspecified atom stereocenters. The highest BCUT2D eigenvalue weighted by Crippen LogP contribution is 2.40. The summed E-state index contributed by atoms with van der Waals surface area (Å²) in [6, 6.07) is 8.48. The zero-order chi connectivity index (χ0) is 21.2. The quantitative estimate of drug-likeness (QED) is 0.692. The first kappa shape index (κ1) is 21.0. The minimum Gasteiger partial charge on any atom is -0.452 e. The molecule has 2 aliphatic heterocycles. The number of aliphatic hydroxyl groups is 1. The Labute approximate surface area is 184 Å². The lowest BCUT2D eigenvalue weighted by atomic mass is 9.92. The fourth-order valence-electron chi connectivity index (χ4n) is 5.13. The second-order valence-corrected chi connectivity index (χ2v) is 9.52. The van der Waals surface area contributed by atoms with Gasteiger partial charge in [0.1, 0.15) is 5.75 Å². The number of benzene rings is 1. The Morgan fingerprint density at radius 1 is 1.00 bits per heavy atom. The van der Waals surface area contributed by atoms with Crippen molar-refractivity contribution in [3.05, 3.63) is 41.7 Å². The van der Waals surface area contributed by atoms with Crippen LogP contribution in [0.25, 0.3) is 0 Å². The Bertz CT molecular complexity index is 796. The average molecular weight is 427 g/mol. The third-order valence-electron chi connectivity index (χ3n) is 7.19. The number of β-amino-alcohol motifs (C(OH)–C–C–N with tert-alkyl or cyclic N) is 1. The van der Waals surface area contributed by atoms with Gasteiger partial charge in [0, 0.05) is 32.2 Å². The largest absolute Gasteiger partial charge is 0.452 e. The molecule has 2 heterocycles. The van der Waals surface area contributed by atoms with Crippen LogP contribution in [0.15, 0.2) is 36.1 Å². The van der Waals surface area contributed by atoms with Crippen LogP contribution in [0.5, 0.6) is 5.75 Å². The molecule has 5 rings (SSSR count). The summed E-state index contributed by atoms with van der Waals surface area (Å²) in [5, 5.41) is 9.61. The Morgan fingerprint density at radius 2 is 1.77 bits per heavy atom. The van der Waals surface area contributed by atoms with E-state index in [4.69, 9.17) is 9.47 Å². The third-order valence-corrected chi connectivity index (χ3v) is 7.19. The van der Waals surface area contributed by atoms with E-state index < -0.39 is 0 Å². The van der Waals surface area contributed by atoms with Crippen molar-refractivity contribution in [2.75, 3.05) is 32.8 Å². The summed E-state index contributed by atoms with van der Waals surface area (Å²) in [6.07, 6.45) is 9.44. The number of carbonyl (C=O) groups excluding carboxylic acids is 1. The third kappa shape index (κ3) is 5.13. The van der Waals surface area contributed by atoms with Crippen LogP contribution in [0, 0.1) is 0 Å². The van der Waals surface area contributed by atoms with Gasteiger partial charge in [0.2, 0.25) is 0 Å². The average Bonchev–Trinajstić information content (AvgIpc) is 3.46. The monoisotopic (exact) mass is 426 g/mol. The summed E-state index contributed by atoms with van der Waals surface area (Å²) in [4.78, 5) is 17.1. The summed E-state index contributed by atoms with van der Waals surface area (Å²) in [5.74, 6) is 1.95. The maximum absolute atomic E-state index is 12.9. The lowest BCUT2D eigenvalue weighted by molar-refractivity contribution is -0.130. The molecule has 2 aliphatic carbocycles. The number of aliphatic hydroxyl groups excluding tert-OH is 1. The standard InChI is InChI=1S/C25H34N2O4/c28-21-11-13-26(17-21)15-16-30-22-9-5-20(6-10-22)27-14-12-24(25(27)29)31-23-7-3-19(4-8-23)18-1-2-18/h3-4,7-8,12,18,20-22,28H,1-2,5-6,9-11,13-17H2/t20?,21-,22?/m0/s1. The molecule has 0 spiro atoms. The molecule has 3 fully saturated rings. The number of carbonyl (C=O) groups is 1. The van der Waals surface area contributed by atoms with Gasteiger partial charge in [0.15, 0.2) is 5.76 Å². The van der Waals surface area contributed by atoms with Gasteiger partial charge < -0.3 is 19.5 Å². The summed E-state index contributed by atoms with van der Waals surface area (Å²) >= 11 is 0. The smallest absolute Gasteiger partial charge is 0.289 e. The molecule has 1 atom stereocenters. The fraction of sp³-hybridized carbons (Fsp3) is 0.640. The maximum atomic E-state index is 12.9. The molecule has 1 saturated heterocycles. The van der Waals surface area contributed by atoms with Gasteiger partial charge >= 0.3 is 0 Å². The van der Waals surface area contributed by atoms with Crippen LogP contribution in [-0.4, -0.2) is 71.8 Å². The van der Waals surface area contributed by atoms with Gasteiger partial charge in [-0.25, -0.2) is 0 Å². The van der Waals surface area contributed by atoms with E-state index in [1.54, 1.807) is 0 Å². The summed E-state index contributed by atoms with van der Waals surface area (Å²) < 4.78 is 12.0. The molecule has 168 valence electrons. The molecule has 4 aliphatic rings. The Kier molecular flexibility index (Phi) is 6.30. The van der Waals surface area contributed by atoms with Crippen molar-refractivity contribution < 1.29 is 19.4 Å². The van der Waals surface area contributed by atoms with E-state index >= 15 is 0 Å². The SMILES string of the molecule is O=C1C(Oc2ccc(C3CC3)cc2)=CCN1C1CCC(OCCN2CC[C@H](O)C2)CC1. The van der Waals surface area contributed by atoms with Gasteiger partial charge in [0.25, 0.3) is 5.91 Å². The summed E-state index contributed by atoms with van der Waals surface area (Å²) in [5.41, 5.74) is 1.37. The molecular weight excluding hydrogens is 392 g/mol. The van der Waals surface area contributed by atoms with Gasteiger partial charge in [-0.15, -0.1) is 0 Å². The van der Waals surface area contributed by atoms with Gasteiger partial charge in [-0.2, -0.15) is 0 Å². The molecular formula is C25H34N2O4. The molecule has 1 aromatic rings. The van der Waals surface area contributed by atoms with E-state index in [-0.39, 0.29) is 24.2 Å². The molecule has 2 saturated carbocycles. The van der Waals surface area contributed by atoms with Crippen molar-refractivity contribution in [2.45, 2.75) is 69.1 Å². The van der Waals surface area contributed by atoms with E-state index in [9.17, 15) is 9.90 Å². The molecule has 6 nitrogen and oxygen atoms in total. The minimum absolute atomic E-state index is 0.0169. The first-order valence-electron chi connectivity index (χ1n) is 12.0. The highest BCUT2D eigenvalue weighted by atomic mass is 16.5. The molecule has 31 heavy (non-hydrogen) atoms. The minimum atomic E-state index is -0.169. The number of likely N-dealkylation sites (tertiary alicyclic amines) is 1. The predicted octanol–water partition coefficient (Wildman–Crippen LogP) is 3.06. The van der Waals surface area contributed by atoms with Crippen LogP contribution < -0.4 is 4.74 Å². The second-order valence-electron chi connectivity index (χ2n) is 9.52. The summed E-state index contributed by atoms with van der Waals surface area (Å²) in [7, 11) is 0. The van der Waals surface area contributed by atoms with Gasteiger partial charge in [-0.1, -0.05) is 12.1 Å². The van der Waals surface area contributed by atoms with Crippen LogP contribution in [0.3, 0.4) is 0 Å². The first-order chi connectivity index (χ1) is 15.2. The number of rotatable bonds is 8. The first-order valence-corrected chi connectivity index (χ1v) is 12.0. The highest BCUT2D eigenvalue weighted by Gasteiger charge is 2.34. The number of hydrogen-bond acceptors (Lipinski definition) is 5. The maximum Gasteiger partial charge on any atom is 0.289 e. The number of hydrogen-bond donors (Lipinski definition) is 1. The predicted molar refractivity (Wildman–Crippen MR) is 118 cm³/mol. The fourth-order valence-corrected chi connectivity index (χ4v) is 5.13. The lowest BCUT2D eigenvalue weighted by Crippen LogP contribution is -2.41. The Balaban J connectivity index is 1.04. The summed E-state index contributed by atoms with van der Waals surface area (Å²) in [6.45, 7) is 4.01. The zero-order valence-electron chi connectivity index (χ0n) is 18.2. The molecule has 1 N–H and O–H groups in total. The topological polar surface area (TPSA) is 62.2 Å². The molecule has 0 aromatic heterocycles. The van der Waals surface area contributed by atoms with Crippen LogP contribution in [0.4, 0.5) is 0 Å². The van der Waals surface area contributed by atoms with Crippen LogP contribution in [0.2, 0.25) is 0 Å². The number of nitrogens with zero attached hydrogens (tertiary/aromatic N) is 2. The molecule has 1 aromatic carbocycles. The lowest BCUT2D eigenvalue weighted by Gasteiger charge is -2.34. The van der Waals surface area contributed by atoms with E-state index in [1.807, 2.05) is 23.1 Å². The van der Waals surface area contributed by atoms with E-state index in [0.717, 1.165) is 70.0 Å². The number of ether oxygens (including phenoxy) is 2. The molecule has 6 heteroatoms. The van der Waals surface area contributed by atoms with Crippen molar-refractivity contribution in [2.24, 2.45) is 0 Å². The van der Waals surface area contributed by atoms with Crippen molar-refractivity contribution in [3.8, 4) is 5.75 Å². The molecule has 1 amide bonds. The van der Waals surface area contributed by atoms with Crippen molar-refractivity contribution in [1.82, 2.24) is 9.80 Å². The van der Waals surface area contributed by atoms with Gasteiger partial charge in [-0.05, 0) is 74.6 Å². The molecule has 0 bridgehead atoms. The van der Waals surface area contributed by atoms with E-state index in [2.05, 4.69) is 17.0 Å². The van der Waals surface area contributed by atoms with E-state index in [0.29, 0.717) is 12.3 Å². The van der Waals surface area contributed by atoms with Crippen LogP contribution in [-0.2, 0) is 9.53 Å².